The molecule has 0 aliphatic carbocycles. The van der Waals surface area contributed by atoms with Crippen molar-refractivity contribution in [2.24, 2.45) is 0 Å². The van der Waals surface area contributed by atoms with Crippen LogP contribution >= 0.6 is 11.3 Å². The van der Waals surface area contributed by atoms with Crippen molar-refractivity contribution < 1.29 is 13.2 Å². The van der Waals surface area contributed by atoms with E-state index in [1.165, 1.54) is 23.4 Å². The molecule has 2 aromatic heterocycles. The summed E-state index contributed by atoms with van der Waals surface area (Å²) >= 11 is 1.14. The molecular weight excluding hydrogens is 362 g/mol. The molecule has 0 aliphatic heterocycles. The Balaban J connectivity index is 1.65. The van der Waals surface area contributed by atoms with Crippen LogP contribution in [0.3, 0.4) is 0 Å². The maximum absolute atomic E-state index is 12.2. The molecule has 2 heterocycles. The summed E-state index contributed by atoms with van der Waals surface area (Å²) in [5, 5.41) is 8.37. The first-order valence-corrected chi connectivity index (χ1v) is 9.63. The van der Waals surface area contributed by atoms with E-state index in [1.54, 1.807) is 42.6 Å². The minimum atomic E-state index is -3.59. The van der Waals surface area contributed by atoms with Crippen LogP contribution in [0, 0.1) is 0 Å². The fourth-order valence-corrected chi connectivity index (χ4v) is 4.08. The van der Waals surface area contributed by atoms with Crippen molar-refractivity contribution in [3.63, 3.8) is 0 Å². The molecule has 0 aliphatic rings. The summed E-state index contributed by atoms with van der Waals surface area (Å²) < 4.78 is 28.5. The van der Waals surface area contributed by atoms with E-state index >= 15 is 0 Å². The van der Waals surface area contributed by atoms with Gasteiger partial charge in [0.2, 0.25) is 5.91 Å². The minimum Gasteiger partial charge on any atom is -0.324 e. The van der Waals surface area contributed by atoms with Gasteiger partial charge in [-0.15, -0.1) is 11.3 Å². The minimum absolute atomic E-state index is 0.242. The molecule has 25 heavy (non-hydrogen) atoms. The number of amides is 1. The van der Waals surface area contributed by atoms with Crippen molar-refractivity contribution in [1.82, 2.24) is 14.8 Å². The number of benzene rings is 1. The van der Waals surface area contributed by atoms with E-state index in [2.05, 4.69) is 20.1 Å². The van der Waals surface area contributed by atoms with E-state index < -0.39 is 16.1 Å². The molecule has 130 valence electrons. The number of nitrogens with one attached hydrogen (secondary N) is 2. The molecule has 0 saturated heterocycles. The highest BCUT2D eigenvalue weighted by Gasteiger charge is 2.17. The number of aromatic nitrogens is 3. The van der Waals surface area contributed by atoms with Crippen molar-refractivity contribution in [2.75, 3.05) is 10.0 Å². The van der Waals surface area contributed by atoms with Crippen molar-refractivity contribution in [2.45, 2.75) is 17.2 Å². The molecule has 0 spiro atoms. The standard InChI is InChI=1S/C15H15N5O3S2/c1-11(20-10-16-9-17-20)15(21)18-12-4-6-13(7-5-12)19-25(22,23)14-3-2-8-24-14/h2-11,19H,1H3,(H,18,21)/t11-/m0/s1. The average molecular weight is 377 g/mol. The van der Waals surface area contributed by atoms with E-state index in [9.17, 15) is 13.2 Å². The van der Waals surface area contributed by atoms with Crippen LogP contribution in [0.1, 0.15) is 13.0 Å². The lowest BCUT2D eigenvalue weighted by atomic mass is 10.2. The zero-order valence-electron chi connectivity index (χ0n) is 13.2. The number of sulfonamides is 1. The molecule has 3 rings (SSSR count). The van der Waals surface area contributed by atoms with E-state index in [4.69, 9.17) is 0 Å². The van der Waals surface area contributed by atoms with Gasteiger partial charge in [-0.3, -0.25) is 9.52 Å². The summed E-state index contributed by atoms with van der Waals surface area (Å²) in [6.07, 6.45) is 2.82. The largest absolute Gasteiger partial charge is 0.324 e. The van der Waals surface area contributed by atoms with Gasteiger partial charge in [-0.2, -0.15) is 5.10 Å². The van der Waals surface area contributed by atoms with E-state index in [-0.39, 0.29) is 10.1 Å². The van der Waals surface area contributed by atoms with Gasteiger partial charge in [-0.1, -0.05) is 6.07 Å². The Morgan fingerprint density at radius 3 is 2.52 bits per heavy atom. The molecule has 1 amide bonds. The summed E-state index contributed by atoms with van der Waals surface area (Å²) in [6, 6.07) is 9.11. The Morgan fingerprint density at radius 1 is 1.20 bits per heavy atom. The molecule has 0 bridgehead atoms. The van der Waals surface area contributed by atoms with Gasteiger partial charge in [0.05, 0.1) is 0 Å². The van der Waals surface area contributed by atoms with Crippen LogP contribution in [0.15, 0.2) is 58.6 Å². The molecule has 2 N–H and O–H groups in total. The molecule has 0 fully saturated rings. The molecule has 1 aromatic carbocycles. The number of hydrogen-bond acceptors (Lipinski definition) is 6. The summed E-state index contributed by atoms with van der Waals surface area (Å²) in [7, 11) is -3.59. The number of carbonyl (C=O) groups is 1. The SMILES string of the molecule is C[C@@H](C(=O)Nc1ccc(NS(=O)(=O)c2cccs2)cc1)n1cncn1. The summed E-state index contributed by atoms with van der Waals surface area (Å²) in [6.45, 7) is 1.70. The second-order valence-corrected chi connectivity index (χ2v) is 8.01. The number of carbonyl (C=O) groups excluding carboxylic acids is 1. The zero-order chi connectivity index (χ0) is 17.9. The van der Waals surface area contributed by atoms with E-state index in [0.29, 0.717) is 11.4 Å². The smallest absolute Gasteiger partial charge is 0.271 e. The number of thiophene rings is 1. The number of rotatable bonds is 6. The molecule has 10 heteroatoms. The van der Waals surface area contributed by atoms with Crippen LogP contribution in [0.4, 0.5) is 11.4 Å². The Morgan fingerprint density at radius 2 is 1.92 bits per heavy atom. The maximum Gasteiger partial charge on any atom is 0.271 e. The fourth-order valence-electron chi connectivity index (χ4n) is 2.03. The lowest BCUT2D eigenvalue weighted by Gasteiger charge is -2.12. The van der Waals surface area contributed by atoms with Gasteiger partial charge in [0.1, 0.15) is 22.9 Å². The molecule has 1 atom stereocenters. The van der Waals surface area contributed by atoms with Gasteiger partial charge >= 0.3 is 0 Å². The molecule has 8 nitrogen and oxygen atoms in total. The van der Waals surface area contributed by atoms with Gasteiger partial charge in [0.25, 0.3) is 10.0 Å². The normalized spacial score (nSPS) is 12.5. The van der Waals surface area contributed by atoms with Gasteiger partial charge in [-0.25, -0.2) is 18.1 Å². The Kier molecular flexibility index (Phi) is 4.81. The summed E-state index contributed by atoms with van der Waals surface area (Å²) in [5.41, 5.74) is 0.965. The van der Waals surface area contributed by atoms with Crippen molar-refractivity contribution >= 4 is 38.6 Å². The second kappa shape index (κ2) is 7.03. The summed E-state index contributed by atoms with van der Waals surface area (Å²) in [4.78, 5) is 16.0. The zero-order valence-corrected chi connectivity index (χ0v) is 14.8. The first-order valence-electron chi connectivity index (χ1n) is 7.27. The predicted molar refractivity (Wildman–Crippen MR) is 94.9 cm³/mol. The highest BCUT2D eigenvalue weighted by Crippen LogP contribution is 2.21. The molecule has 0 radical (unpaired) electrons. The summed E-state index contributed by atoms with van der Waals surface area (Å²) in [5.74, 6) is -0.252. The first kappa shape index (κ1) is 17.1. The van der Waals surface area contributed by atoms with Gasteiger partial charge in [0, 0.05) is 11.4 Å². The van der Waals surface area contributed by atoms with Crippen LogP contribution in [0.25, 0.3) is 0 Å². The first-order chi connectivity index (χ1) is 12.0. The Hall–Kier alpha value is -2.72. The third-order valence-electron chi connectivity index (χ3n) is 3.38. The van der Waals surface area contributed by atoms with E-state index in [0.717, 1.165) is 11.3 Å². The quantitative estimate of drug-likeness (QED) is 0.686. The van der Waals surface area contributed by atoms with Crippen LogP contribution in [0.5, 0.6) is 0 Å². The number of nitrogens with zero attached hydrogens (tertiary/aromatic N) is 3. The fraction of sp³-hybridized carbons (Fsp3) is 0.133. The van der Waals surface area contributed by atoms with E-state index in [1.807, 2.05) is 0 Å². The lowest BCUT2D eigenvalue weighted by molar-refractivity contribution is -0.119. The number of anilines is 2. The van der Waals surface area contributed by atoms with Gasteiger partial charge < -0.3 is 5.32 Å². The molecule has 3 aromatic rings. The van der Waals surface area contributed by atoms with Crippen molar-refractivity contribution in [3.05, 3.63) is 54.4 Å². The molecule has 0 unspecified atom stereocenters. The maximum atomic E-state index is 12.2. The van der Waals surface area contributed by atoms with Crippen molar-refractivity contribution in [1.29, 1.82) is 0 Å². The predicted octanol–water partition coefficient (Wildman–Crippen LogP) is 2.34. The number of hydrogen-bond donors (Lipinski definition) is 2. The van der Waals surface area contributed by atoms with Crippen LogP contribution in [-0.2, 0) is 14.8 Å². The third kappa shape index (κ3) is 4.03. The Labute approximate surface area is 148 Å². The highest BCUT2D eigenvalue weighted by molar-refractivity contribution is 7.94. The van der Waals surface area contributed by atoms with Crippen LogP contribution < -0.4 is 10.0 Å². The van der Waals surface area contributed by atoms with Crippen LogP contribution in [-0.4, -0.2) is 29.1 Å². The molecular formula is C15H15N5O3S2. The monoisotopic (exact) mass is 377 g/mol. The van der Waals surface area contributed by atoms with Crippen LogP contribution in [0.2, 0.25) is 0 Å². The van der Waals surface area contributed by atoms with Gasteiger partial charge in [-0.05, 0) is 42.6 Å². The molecule has 0 saturated carbocycles. The van der Waals surface area contributed by atoms with Gasteiger partial charge in [0.15, 0.2) is 0 Å². The third-order valence-corrected chi connectivity index (χ3v) is 6.16. The van der Waals surface area contributed by atoms with Crippen molar-refractivity contribution in [3.8, 4) is 0 Å². The Bertz CT molecular complexity index is 936. The second-order valence-electron chi connectivity index (χ2n) is 5.16. The topological polar surface area (TPSA) is 106 Å². The average Bonchev–Trinajstić information content (AvgIpc) is 3.29. The lowest BCUT2D eigenvalue weighted by Crippen LogP contribution is -2.24. The highest BCUT2D eigenvalue weighted by atomic mass is 32.2.